The van der Waals surface area contributed by atoms with Gasteiger partial charge in [-0.1, -0.05) is 6.08 Å². The van der Waals surface area contributed by atoms with Crippen LogP contribution in [0.1, 0.15) is 43.1 Å². The molecule has 6 heteroatoms. The van der Waals surface area contributed by atoms with E-state index in [1.54, 1.807) is 6.20 Å². The summed E-state index contributed by atoms with van der Waals surface area (Å²) in [6.45, 7) is 7.67. The van der Waals surface area contributed by atoms with Gasteiger partial charge < -0.3 is 16.0 Å². The lowest BCUT2D eigenvalue weighted by atomic mass is 10.1. The number of hydrogen-bond acceptors (Lipinski definition) is 5. The fourth-order valence-electron chi connectivity index (χ4n) is 2.48. The third-order valence-corrected chi connectivity index (χ3v) is 3.58. The number of primary amides is 1. The van der Waals surface area contributed by atoms with Crippen molar-refractivity contribution in [3.05, 3.63) is 24.5 Å². The molecule has 1 unspecified atom stereocenters. The summed E-state index contributed by atoms with van der Waals surface area (Å²) in [6, 6.07) is 0.117. The first-order chi connectivity index (χ1) is 10.1. The zero-order valence-corrected chi connectivity index (χ0v) is 12.5. The van der Waals surface area contributed by atoms with Gasteiger partial charge in [0.1, 0.15) is 5.82 Å². The molecule has 1 atom stereocenters. The van der Waals surface area contributed by atoms with Gasteiger partial charge in [-0.05, 0) is 32.6 Å². The summed E-state index contributed by atoms with van der Waals surface area (Å²) >= 11 is 0. The number of nitrogens with zero attached hydrogens (tertiary/aromatic N) is 3. The number of nitrogens with two attached hydrogens (primary N) is 1. The standard InChI is InChI=1S/C15H23N5O/c1-3-7-11(2)18-15-13(14(16)21)17-10-12(19-15)20-8-5-4-6-9-20/h3,10-11H,1,4-9H2,2H3,(H2,16,21)(H,18,19). The van der Waals surface area contributed by atoms with Gasteiger partial charge in [-0.3, -0.25) is 4.79 Å². The van der Waals surface area contributed by atoms with Gasteiger partial charge in [0.15, 0.2) is 11.5 Å². The highest BCUT2D eigenvalue weighted by atomic mass is 16.1. The van der Waals surface area contributed by atoms with Crippen molar-refractivity contribution in [3.63, 3.8) is 0 Å². The molecule has 2 heterocycles. The Balaban J connectivity index is 2.24. The Hall–Kier alpha value is -2.11. The Morgan fingerprint density at radius 1 is 1.52 bits per heavy atom. The van der Waals surface area contributed by atoms with Crippen molar-refractivity contribution in [3.8, 4) is 0 Å². The van der Waals surface area contributed by atoms with E-state index in [1.165, 1.54) is 6.42 Å². The average molecular weight is 289 g/mol. The van der Waals surface area contributed by atoms with Crippen LogP contribution < -0.4 is 16.0 Å². The number of aromatic nitrogens is 2. The maximum Gasteiger partial charge on any atom is 0.271 e. The largest absolute Gasteiger partial charge is 0.365 e. The summed E-state index contributed by atoms with van der Waals surface area (Å²) in [5.41, 5.74) is 5.56. The van der Waals surface area contributed by atoms with Gasteiger partial charge >= 0.3 is 0 Å². The van der Waals surface area contributed by atoms with Crippen molar-refractivity contribution >= 4 is 17.5 Å². The molecule has 0 radical (unpaired) electrons. The van der Waals surface area contributed by atoms with Crippen LogP contribution in [0.4, 0.5) is 11.6 Å². The van der Waals surface area contributed by atoms with Gasteiger partial charge in [0.2, 0.25) is 0 Å². The van der Waals surface area contributed by atoms with Crippen LogP contribution in [0.25, 0.3) is 0 Å². The minimum Gasteiger partial charge on any atom is -0.365 e. The fourth-order valence-corrected chi connectivity index (χ4v) is 2.48. The van der Waals surface area contributed by atoms with Crippen molar-refractivity contribution in [1.29, 1.82) is 0 Å². The molecule has 1 saturated heterocycles. The van der Waals surface area contributed by atoms with E-state index in [0.29, 0.717) is 5.82 Å². The average Bonchev–Trinajstić information content (AvgIpc) is 2.48. The summed E-state index contributed by atoms with van der Waals surface area (Å²) in [6.07, 6.45) is 7.81. The van der Waals surface area contributed by atoms with Crippen LogP contribution in [0.2, 0.25) is 0 Å². The molecule has 6 nitrogen and oxygen atoms in total. The molecule has 1 amide bonds. The number of carbonyl (C=O) groups excluding carboxylic acids is 1. The lowest BCUT2D eigenvalue weighted by molar-refractivity contribution is 0.0996. The van der Waals surface area contributed by atoms with Crippen LogP contribution in [0.3, 0.4) is 0 Å². The van der Waals surface area contributed by atoms with Crippen molar-refractivity contribution in [2.75, 3.05) is 23.3 Å². The molecular weight excluding hydrogens is 266 g/mol. The highest BCUT2D eigenvalue weighted by molar-refractivity contribution is 5.95. The molecule has 1 aliphatic heterocycles. The van der Waals surface area contributed by atoms with Crippen LogP contribution in [0, 0.1) is 0 Å². The lowest BCUT2D eigenvalue weighted by Crippen LogP contribution is -2.31. The molecule has 2 rings (SSSR count). The fraction of sp³-hybridized carbons (Fsp3) is 0.533. The van der Waals surface area contributed by atoms with Gasteiger partial charge in [-0.15, -0.1) is 6.58 Å². The van der Waals surface area contributed by atoms with Gasteiger partial charge in [-0.25, -0.2) is 9.97 Å². The minimum atomic E-state index is -0.569. The normalized spacial score (nSPS) is 16.3. The second-order valence-corrected chi connectivity index (χ2v) is 5.41. The second kappa shape index (κ2) is 7.06. The summed E-state index contributed by atoms with van der Waals surface area (Å²) in [4.78, 5) is 22.5. The van der Waals surface area contributed by atoms with E-state index in [1.807, 2.05) is 13.0 Å². The number of anilines is 2. The highest BCUT2D eigenvalue weighted by Gasteiger charge is 2.18. The van der Waals surface area contributed by atoms with Crippen molar-refractivity contribution in [2.45, 2.75) is 38.6 Å². The summed E-state index contributed by atoms with van der Waals surface area (Å²) < 4.78 is 0. The lowest BCUT2D eigenvalue weighted by Gasteiger charge is -2.28. The van der Waals surface area contributed by atoms with Crippen LogP contribution in [0.15, 0.2) is 18.9 Å². The van der Waals surface area contributed by atoms with E-state index in [9.17, 15) is 4.79 Å². The maximum absolute atomic E-state index is 11.5. The number of hydrogen-bond donors (Lipinski definition) is 2. The first-order valence-electron chi connectivity index (χ1n) is 7.41. The number of nitrogens with one attached hydrogen (secondary N) is 1. The third kappa shape index (κ3) is 3.93. The van der Waals surface area contributed by atoms with Gasteiger partial charge in [0.05, 0.1) is 6.20 Å². The van der Waals surface area contributed by atoms with E-state index in [4.69, 9.17) is 5.73 Å². The van der Waals surface area contributed by atoms with Crippen molar-refractivity contribution < 1.29 is 4.79 Å². The van der Waals surface area contributed by atoms with E-state index < -0.39 is 5.91 Å². The summed E-state index contributed by atoms with van der Waals surface area (Å²) in [5.74, 6) is 0.689. The number of piperidine rings is 1. The van der Waals surface area contributed by atoms with Crippen LogP contribution >= 0.6 is 0 Å². The predicted molar refractivity (Wildman–Crippen MR) is 84.5 cm³/mol. The summed E-state index contributed by atoms with van der Waals surface area (Å²) in [5, 5.41) is 3.20. The molecule has 21 heavy (non-hydrogen) atoms. The molecule has 0 aromatic carbocycles. The van der Waals surface area contributed by atoms with Gasteiger partial charge in [0.25, 0.3) is 5.91 Å². The Kier molecular flexibility index (Phi) is 5.14. The smallest absolute Gasteiger partial charge is 0.271 e. The second-order valence-electron chi connectivity index (χ2n) is 5.41. The molecule has 0 saturated carbocycles. The Bertz CT molecular complexity index is 511. The molecule has 0 aliphatic carbocycles. The Labute approximate surface area is 125 Å². The molecule has 1 fully saturated rings. The van der Waals surface area contributed by atoms with E-state index in [2.05, 4.69) is 26.8 Å². The highest BCUT2D eigenvalue weighted by Crippen LogP contribution is 2.21. The maximum atomic E-state index is 11.5. The molecule has 3 N–H and O–H groups in total. The van der Waals surface area contributed by atoms with Crippen LogP contribution in [-0.2, 0) is 0 Å². The monoisotopic (exact) mass is 289 g/mol. The zero-order chi connectivity index (χ0) is 15.2. The molecular formula is C15H23N5O. The van der Waals surface area contributed by atoms with Gasteiger partial charge in [-0.2, -0.15) is 0 Å². The predicted octanol–water partition coefficient (Wildman–Crippen LogP) is 1.94. The molecule has 0 spiro atoms. The zero-order valence-electron chi connectivity index (χ0n) is 12.5. The first kappa shape index (κ1) is 15.3. The topological polar surface area (TPSA) is 84.1 Å². The number of rotatable bonds is 6. The summed E-state index contributed by atoms with van der Waals surface area (Å²) in [7, 11) is 0. The SMILES string of the molecule is C=CCC(C)Nc1nc(N2CCCCC2)cnc1C(N)=O. The van der Waals surface area contributed by atoms with E-state index in [0.717, 1.165) is 38.2 Å². The quantitative estimate of drug-likeness (QED) is 0.782. The molecule has 1 aromatic rings. The van der Waals surface area contributed by atoms with Crippen LogP contribution in [0.5, 0.6) is 0 Å². The molecule has 0 bridgehead atoms. The van der Waals surface area contributed by atoms with E-state index in [-0.39, 0.29) is 11.7 Å². The van der Waals surface area contributed by atoms with Crippen molar-refractivity contribution in [1.82, 2.24) is 9.97 Å². The number of carbonyl (C=O) groups is 1. The van der Waals surface area contributed by atoms with E-state index >= 15 is 0 Å². The molecule has 1 aliphatic rings. The van der Waals surface area contributed by atoms with Gasteiger partial charge in [0, 0.05) is 19.1 Å². The van der Waals surface area contributed by atoms with Crippen molar-refractivity contribution in [2.24, 2.45) is 5.73 Å². The number of amides is 1. The minimum absolute atomic E-state index is 0.117. The third-order valence-electron chi connectivity index (χ3n) is 3.58. The molecule has 1 aromatic heterocycles. The van der Waals surface area contributed by atoms with Crippen LogP contribution in [-0.4, -0.2) is 35.0 Å². The Morgan fingerprint density at radius 2 is 2.24 bits per heavy atom. The Morgan fingerprint density at radius 3 is 2.86 bits per heavy atom. The molecule has 114 valence electrons. The first-order valence-corrected chi connectivity index (χ1v) is 7.41.